The average Bonchev–Trinajstić information content (AvgIpc) is 3.34. The number of carbonyl (C=O) groups excluding carboxylic acids is 2. The quantitative estimate of drug-likeness (QED) is 0.569. The molecule has 0 unspecified atom stereocenters. The topological polar surface area (TPSA) is 97.8 Å². The molecule has 8 heteroatoms. The highest BCUT2D eigenvalue weighted by Crippen LogP contribution is 2.33. The first-order valence-corrected chi connectivity index (χ1v) is 10.0. The molecular formula is C23H20F2N4O2. The lowest BCUT2D eigenvalue weighted by atomic mass is 10.00. The van der Waals surface area contributed by atoms with E-state index in [2.05, 4.69) is 15.6 Å². The van der Waals surface area contributed by atoms with Gasteiger partial charge < -0.3 is 15.6 Å². The molecule has 0 aliphatic carbocycles. The van der Waals surface area contributed by atoms with Gasteiger partial charge >= 0.3 is 0 Å². The molecule has 2 aromatic carbocycles. The van der Waals surface area contributed by atoms with E-state index in [1.165, 1.54) is 6.07 Å². The SMILES string of the molecule is N#Cc1ccc(-c2[nH]c3c(F)cc(F)cc3c2CCC(=O)NC[C@H]2CCNC2=O)cc1. The van der Waals surface area contributed by atoms with Crippen molar-refractivity contribution in [2.75, 3.05) is 13.1 Å². The number of hydrogen-bond acceptors (Lipinski definition) is 3. The van der Waals surface area contributed by atoms with Crippen LogP contribution < -0.4 is 10.6 Å². The number of hydrogen-bond donors (Lipinski definition) is 3. The monoisotopic (exact) mass is 422 g/mol. The highest BCUT2D eigenvalue weighted by atomic mass is 19.1. The second kappa shape index (κ2) is 8.56. The zero-order chi connectivity index (χ0) is 22.0. The van der Waals surface area contributed by atoms with Gasteiger partial charge in [-0.25, -0.2) is 8.78 Å². The molecule has 31 heavy (non-hydrogen) atoms. The van der Waals surface area contributed by atoms with Gasteiger partial charge in [0.2, 0.25) is 11.8 Å². The molecule has 0 spiro atoms. The highest BCUT2D eigenvalue weighted by Gasteiger charge is 2.24. The summed E-state index contributed by atoms with van der Waals surface area (Å²) in [6.07, 6.45) is 1.03. The Balaban J connectivity index is 1.59. The highest BCUT2D eigenvalue weighted by molar-refractivity contribution is 5.92. The maximum atomic E-state index is 14.4. The number of nitriles is 1. The van der Waals surface area contributed by atoms with Gasteiger partial charge in [-0.3, -0.25) is 9.59 Å². The minimum atomic E-state index is -0.715. The summed E-state index contributed by atoms with van der Waals surface area (Å²) >= 11 is 0. The summed E-state index contributed by atoms with van der Waals surface area (Å²) < 4.78 is 28.3. The van der Waals surface area contributed by atoms with E-state index >= 15 is 0 Å². The van der Waals surface area contributed by atoms with Crippen LogP contribution in [0.15, 0.2) is 36.4 Å². The fraction of sp³-hybridized carbons (Fsp3) is 0.261. The van der Waals surface area contributed by atoms with Crippen LogP contribution in [0.3, 0.4) is 0 Å². The smallest absolute Gasteiger partial charge is 0.224 e. The third-order valence-corrected chi connectivity index (χ3v) is 5.55. The maximum Gasteiger partial charge on any atom is 0.224 e. The number of rotatable bonds is 6. The Morgan fingerprint density at radius 2 is 2.00 bits per heavy atom. The summed E-state index contributed by atoms with van der Waals surface area (Å²) in [4.78, 5) is 27.0. The lowest BCUT2D eigenvalue weighted by Gasteiger charge is -2.10. The lowest BCUT2D eigenvalue weighted by molar-refractivity contribution is -0.123. The molecule has 1 saturated heterocycles. The van der Waals surface area contributed by atoms with E-state index < -0.39 is 11.6 Å². The number of aromatic nitrogens is 1. The molecule has 1 aliphatic rings. The van der Waals surface area contributed by atoms with Crippen molar-refractivity contribution in [2.45, 2.75) is 19.3 Å². The number of nitrogens with zero attached hydrogens (tertiary/aromatic N) is 1. The van der Waals surface area contributed by atoms with Gasteiger partial charge in [0.25, 0.3) is 0 Å². The molecule has 3 aromatic rings. The van der Waals surface area contributed by atoms with Gasteiger partial charge in [-0.2, -0.15) is 5.26 Å². The van der Waals surface area contributed by atoms with Crippen molar-refractivity contribution in [2.24, 2.45) is 5.92 Å². The fourth-order valence-corrected chi connectivity index (χ4v) is 3.90. The summed E-state index contributed by atoms with van der Waals surface area (Å²) in [5.41, 5.74) is 2.54. The van der Waals surface area contributed by atoms with Crippen LogP contribution in [0.5, 0.6) is 0 Å². The molecule has 1 fully saturated rings. The van der Waals surface area contributed by atoms with Crippen LogP contribution in [0.1, 0.15) is 24.0 Å². The largest absolute Gasteiger partial charge is 0.356 e. The Morgan fingerprint density at radius 1 is 1.23 bits per heavy atom. The fourth-order valence-electron chi connectivity index (χ4n) is 3.90. The van der Waals surface area contributed by atoms with E-state index in [0.29, 0.717) is 40.7 Å². The van der Waals surface area contributed by atoms with Crippen LogP contribution in [0, 0.1) is 28.9 Å². The van der Waals surface area contributed by atoms with Gasteiger partial charge in [0.1, 0.15) is 11.6 Å². The molecule has 0 radical (unpaired) electrons. The minimum Gasteiger partial charge on any atom is -0.356 e. The predicted molar refractivity (Wildman–Crippen MR) is 111 cm³/mol. The zero-order valence-electron chi connectivity index (χ0n) is 16.6. The Labute approximate surface area is 177 Å². The first kappa shape index (κ1) is 20.5. The van der Waals surface area contributed by atoms with E-state index in [1.54, 1.807) is 24.3 Å². The molecule has 4 rings (SSSR count). The first-order valence-electron chi connectivity index (χ1n) is 10.0. The minimum absolute atomic E-state index is 0.0639. The van der Waals surface area contributed by atoms with Crippen molar-refractivity contribution in [3.05, 3.63) is 59.2 Å². The second-order valence-electron chi connectivity index (χ2n) is 7.56. The molecule has 0 saturated carbocycles. The molecule has 1 aliphatic heterocycles. The van der Waals surface area contributed by atoms with E-state index in [4.69, 9.17) is 5.26 Å². The predicted octanol–water partition coefficient (Wildman–Crippen LogP) is 3.17. The molecule has 158 valence electrons. The molecular weight excluding hydrogens is 402 g/mol. The Bertz CT molecular complexity index is 1190. The van der Waals surface area contributed by atoms with Crippen LogP contribution in [-0.2, 0) is 16.0 Å². The van der Waals surface area contributed by atoms with E-state index in [0.717, 1.165) is 6.07 Å². The van der Waals surface area contributed by atoms with Gasteiger partial charge in [0, 0.05) is 36.7 Å². The second-order valence-corrected chi connectivity index (χ2v) is 7.56. The summed E-state index contributed by atoms with van der Waals surface area (Å²) in [7, 11) is 0. The van der Waals surface area contributed by atoms with Crippen molar-refractivity contribution in [3.63, 3.8) is 0 Å². The van der Waals surface area contributed by atoms with Crippen LogP contribution in [0.4, 0.5) is 8.78 Å². The van der Waals surface area contributed by atoms with Gasteiger partial charge in [-0.1, -0.05) is 12.1 Å². The number of halogens is 2. The van der Waals surface area contributed by atoms with Gasteiger partial charge in [0.05, 0.1) is 23.1 Å². The van der Waals surface area contributed by atoms with Crippen LogP contribution >= 0.6 is 0 Å². The molecule has 2 heterocycles. The molecule has 2 amide bonds. The Kier molecular flexibility index (Phi) is 5.67. The average molecular weight is 422 g/mol. The van der Waals surface area contributed by atoms with Crippen molar-refractivity contribution in [3.8, 4) is 17.3 Å². The maximum absolute atomic E-state index is 14.4. The van der Waals surface area contributed by atoms with Crippen LogP contribution in [0.2, 0.25) is 0 Å². The summed E-state index contributed by atoms with van der Waals surface area (Å²) in [6, 6.07) is 10.8. The molecule has 1 atom stereocenters. The third kappa shape index (κ3) is 4.26. The molecule has 3 N–H and O–H groups in total. The lowest BCUT2D eigenvalue weighted by Crippen LogP contribution is -2.33. The van der Waals surface area contributed by atoms with E-state index in [1.807, 2.05) is 6.07 Å². The van der Waals surface area contributed by atoms with Crippen molar-refractivity contribution in [1.82, 2.24) is 15.6 Å². The number of H-pyrrole nitrogens is 1. The molecule has 0 bridgehead atoms. The van der Waals surface area contributed by atoms with Gasteiger partial charge in [0.15, 0.2) is 0 Å². The van der Waals surface area contributed by atoms with Crippen LogP contribution in [-0.4, -0.2) is 29.9 Å². The summed E-state index contributed by atoms with van der Waals surface area (Å²) in [5, 5.41) is 14.9. The number of amides is 2. The number of benzene rings is 2. The first-order chi connectivity index (χ1) is 15.0. The van der Waals surface area contributed by atoms with Gasteiger partial charge in [-0.15, -0.1) is 0 Å². The molecule has 1 aromatic heterocycles. The number of nitrogens with one attached hydrogen (secondary N) is 3. The Morgan fingerprint density at radius 3 is 2.68 bits per heavy atom. The normalized spacial score (nSPS) is 15.6. The van der Waals surface area contributed by atoms with Crippen molar-refractivity contribution in [1.29, 1.82) is 5.26 Å². The summed E-state index contributed by atoms with van der Waals surface area (Å²) in [6.45, 7) is 0.879. The standard InChI is InChI=1S/C23H20F2N4O2/c24-16-9-18-17(5-6-20(30)28-12-15-7-8-27-23(15)31)21(29-22(18)19(25)10-16)14-3-1-13(11-26)2-4-14/h1-4,9-10,15,29H,5-8,12H2,(H,27,31)(H,28,30)/t15-/m1/s1. The third-order valence-electron chi connectivity index (χ3n) is 5.55. The van der Waals surface area contributed by atoms with Crippen LogP contribution in [0.25, 0.3) is 22.2 Å². The van der Waals surface area contributed by atoms with E-state index in [-0.39, 0.29) is 42.6 Å². The van der Waals surface area contributed by atoms with Gasteiger partial charge in [-0.05, 0) is 42.2 Å². The van der Waals surface area contributed by atoms with E-state index in [9.17, 15) is 18.4 Å². The number of fused-ring (bicyclic) bond motifs is 1. The number of aryl methyl sites for hydroxylation is 1. The number of carbonyl (C=O) groups is 2. The van der Waals surface area contributed by atoms with Crippen molar-refractivity contribution >= 4 is 22.7 Å². The Hall–Kier alpha value is -3.73. The molecule has 6 nitrogen and oxygen atoms in total. The number of aromatic amines is 1. The van der Waals surface area contributed by atoms with Crippen molar-refractivity contribution < 1.29 is 18.4 Å². The zero-order valence-corrected chi connectivity index (χ0v) is 16.6. The summed E-state index contributed by atoms with van der Waals surface area (Å²) in [5.74, 6) is -1.95.